The van der Waals surface area contributed by atoms with Crippen molar-refractivity contribution in [3.63, 3.8) is 0 Å². The second kappa shape index (κ2) is 10.4. The van der Waals surface area contributed by atoms with Crippen LogP contribution in [0.4, 0.5) is 4.79 Å². The summed E-state index contributed by atoms with van der Waals surface area (Å²) < 4.78 is 11.5. The maximum absolute atomic E-state index is 12.4. The minimum Gasteiger partial charge on any atom is -0.476 e. The van der Waals surface area contributed by atoms with Crippen LogP contribution in [0, 0.1) is 11.3 Å². The first-order valence-electron chi connectivity index (χ1n) is 10.4. The Kier molecular flexibility index (Phi) is 7.41. The summed E-state index contributed by atoms with van der Waals surface area (Å²) in [6.45, 7) is 5.62. The molecular weight excluding hydrogens is 400 g/mol. The number of carbonyl (C=O) groups excluding carboxylic acids is 1. The highest BCUT2D eigenvalue weighted by atomic mass is 16.6. The van der Waals surface area contributed by atoms with Crippen LogP contribution in [0.25, 0.3) is 0 Å². The van der Waals surface area contributed by atoms with Crippen LogP contribution < -0.4 is 0 Å². The quantitative estimate of drug-likeness (QED) is 0.366. The van der Waals surface area contributed by atoms with Crippen LogP contribution in [0.5, 0.6) is 0 Å². The summed E-state index contributed by atoms with van der Waals surface area (Å²) in [5.74, 6) is 0.0974. The van der Waals surface area contributed by atoms with Gasteiger partial charge in [0, 0.05) is 11.5 Å². The summed E-state index contributed by atoms with van der Waals surface area (Å²) in [5, 5.41) is 9.08. The average Bonchev–Trinajstić information content (AvgIpc) is 2.79. The van der Waals surface area contributed by atoms with Gasteiger partial charge in [0.1, 0.15) is 12.2 Å². The smallest absolute Gasteiger partial charge is 0.437 e. The molecule has 3 aromatic carbocycles. The van der Waals surface area contributed by atoms with E-state index < -0.39 is 11.7 Å². The van der Waals surface area contributed by atoms with Crippen molar-refractivity contribution in [3.05, 3.63) is 107 Å². The summed E-state index contributed by atoms with van der Waals surface area (Å²) in [6.07, 6.45) is -0.729. The Morgan fingerprint density at radius 2 is 1.44 bits per heavy atom. The molecule has 0 fully saturated rings. The van der Waals surface area contributed by atoms with Crippen molar-refractivity contribution >= 4 is 12.0 Å². The zero-order valence-electron chi connectivity index (χ0n) is 18.5. The van der Waals surface area contributed by atoms with Crippen LogP contribution in [-0.4, -0.2) is 24.2 Å². The van der Waals surface area contributed by atoms with Gasteiger partial charge >= 0.3 is 6.09 Å². The third kappa shape index (κ3) is 6.55. The standard InChI is InChI=1S/C27H26N2O3/c1-27(2,3)32-26(30)29-25(23-16-14-20(18-28)15-17-23)31-19-24(21-10-6-4-7-11-21)22-12-8-5-9-13-22/h4-17,24H,19H2,1-3H3/b29-25+. The highest BCUT2D eigenvalue weighted by Crippen LogP contribution is 2.25. The van der Waals surface area contributed by atoms with Crippen molar-refractivity contribution < 1.29 is 14.3 Å². The largest absolute Gasteiger partial charge is 0.476 e. The van der Waals surface area contributed by atoms with Gasteiger partial charge in [-0.15, -0.1) is 4.99 Å². The van der Waals surface area contributed by atoms with E-state index in [2.05, 4.69) is 11.1 Å². The second-order valence-electron chi connectivity index (χ2n) is 8.27. The Morgan fingerprint density at radius 1 is 0.906 bits per heavy atom. The van der Waals surface area contributed by atoms with E-state index in [-0.39, 0.29) is 18.4 Å². The highest BCUT2D eigenvalue weighted by Gasteiger charge is 2.20. The average molecular weight is 427 g/mol. The van der Waals surface area contributed by atoms with Crippen molar-refractivity contribution in [2.75, 3.05) is 6.61 Å². The van der Waals surface area contributed by atoms with Crippen LogP contribution in [0.15, 0.2) is 89.9 Å². The molecule has 5 nitrogen and oxygen atoms in total. The lowest BCUT2D eigenvalue weighted by Crippen LogP contribution is -2.23. The maximum atomic E-state index is 12.4. The molecule has 0 bridgehead atoms. The molecule has 162 valence electrons. The van der Waals surface area contributed by atoms with Crippen LogP contribution in [-0.2, 0) is 9.47 Å². The lowest BCUT2D eigenvalue weighted by atomic mass is 9.92. The van der Waals surface area contributed by atoms with Gasteiger partial charge in [0.15, 0.2) is 0 Å². The van der Waals surface area contributed by atoms with Gasteiger partial charge in [-0.2, -0.15) is 5.26 Å². The van der Waals surface area contributed by atoms with E-state index in [1.165, 1.54) is 0 Å². The van der Waals surface area contributed by atoms with Crippen molar-refractivity contribution in [1.82, 2.24) is 0 Å². The lowest BCUT2D eigenvalue weighted by Gasteiger charge is -2.20. The molecule has 0 aliphatic heterocycles. The van der Waals surface area contributed by atoms with E-state index in [9.17, 15) is 4.79 Å². The molecular formula is C27H26N2O3. The van der Waals surface area contributed by atoms with Gasteiger partial charge in [-0.05, 0) is 56.2 Å². The SMILES string of the molecule is CC(C)(C)OC(=O)/N=C(/OCC(c1ccccc1)c1ccccc1)c1ccc(C#N)cc1. The molecule has 0 N–H and O–H groups in total. The normalized spacial score (nSPS) is 11.7. The van der Waals surface area contributed by atoms with E-state index in [1.54, 1.807) is 45.0 Å². The molecule has 0 aromatic heterocycles. The van der Waals surface area contributed by atoms with Gasteiger partial charge in [-0.25, -0.2) is 4.79 Å². The Morgan fingerprint density at radius 3 is 1.91 bits per heavy atom. The van der Waals surface area contributed by atoms with E-state index >= 15 is 0 Å². The molecule has 0 radical (unpaired) electrons. The first kappa shape index (κ1) is 22.8. The predicted octanol–water partition coefficient (Wildman–Crippen LogP) is 6.09. The zero-order valence-corrected chi connectivity index (χ0v) is 18.5. The fourth-order valence-electron chi connectivity index (χ4n) is 3.15. The Bertz CT molecular complexity index is 1050. The number of hydrogen-bond donors (Lipinski definition) is 0. The number of amides is 1. The van der Waals surface area contributed by atoms with Crippen molar-refractivity contribution in [2.24, 2.45) is 4.99 Å². The van der Waals surface area contributed by atoms with Gasteiger partial charge in [0.05, 0.1) is 11.6 Å². The van der Waals surface area contributed by atoms with E-state index in [1.807, 2.05) is 60.7 Å². The number of hydrogen-bond acceptors (Lipinski definition) is 4. The summed E-state index contributed by atoms with van der Waals surface area (Å²) in [6, 6.07) is 28.9. The number of ether oxygens (including phenoxy) is 2. The van der Waals surface area contributed by atoms with E-state index in [0.717, 1.165) is 11.1 Å². The molecule has 0 unspecified atom stereocenters. The maximum Gasteiger partial charge on any atom is 0.437 e. The van der Waals surface area contributed by atoms with Crippen molar-refractivity contribution in [1.29, 1.82) is 5.26 Å². The van der Waals surface area contributed by atoms with Gasteiger partial charge in [0.25, 0.3) is 0 Å². The fraction of sp³-hybridized carbons (Fsp3) is 0.222. The lowest BCUT2D eigenvalue weighted by molar-refractivity contribution is 0.0599. The third-order valence-electron chi connectivity index (χ3n) is 4.64. The molecule has 5 heteroatoms. The van der Waals surface area contributed by atoms with Crippen molar-refractivity contribution in [3.8, 4) is 6.07 Å². The van der Waals surface area contributed by atoms with Crippen LogP contribution >= 0.6 is 0 Å². The minimum absolute atomic E-state index is 0.0559. The summed E-state index contributed by atoms with van der Waals surface area (Å²) in [7, 11) is 0. The van der Waals surface area contributed by atoms with Crippen LogP contribution in [0.1, 0.15) is 48.9 Å². The molecule has 1 amide bonds. The number of nitriles is 1. The number of rotatable bonds is 5. The molecule has 3 aromatic rings. The molecule has 0 atom stereocenters. The second-order valence-corrected chi connectivity index (χ2v) is 8.27. The first-order chi connectivity index (χ1) is 15.4. The minimum atomic E-state index is -0.729. The molecule has 0 spiro atoms. The van der Waals surface area contributed by atoms with E-state index in [0.29, 0.717) is 11.1 Å². The molecule has 0 saturated carbocycles. The van der Waals surface area contributed by atoms with Gasteiger partial charge in [0.2, 0.25) is 5.90 Å². The summed E-state index contributed by atoms with van der Waals surface area (Å²) in [4.78, 5) is 16.5. The van der Waals surface area contributed by atoms with Gasteiger partial charge in [-0.1, -0.05) is 60.7 Å². The molecule has 0 aliphatic rings. The Labute approximate surface area is 189 Å². The van der Waals surface area contributed by atoms with E-state index in [4.69, 9.17) is 14.7 Å². The zero-order chi connectivity index (χ0) is 23.0. The third-order valence-corrected chi connectivity index (χ3v) is 4.64. The van der Waals surface area contributed by atoms with Gasteiger partial charge < -0.3 is 9.47 Å². The van der Waals surface area contributed by atoms with Crippen LogP contribution in [0.2, 0.25) is 0 Å². The monoisotopic (exact) mass is 426 g/mol. The molecule has 0 aliphatic carbocycles. The van der Waals surface area contributed by atoms with Gasteiger partial charge in [-0.3, -0.25) is 0 Å². The van der Waals surface area contributed by atoms with Crippen molar-refractivity contribution in [2.45, 2.75) is 32.3 Å². The Hall–Kier alpha value is -3.91. The highest BCUT2D eigenvalue weighted by molar-refractivity contribution is 6.00. The first-order valence-corrected chi connectivity index (χ1v) is 10.4. The number of benzene rings is 3. The summed E-state index contributed by atoms with van der Waals surface area (Å²) in [5.41, 5.74) is 2.62. The molecule has 0 saturated heterocycles. The topological polar surface area (TPSA) is 71.7 Å². The molecule has 0 heterocycles. The fourth-order valence-corrected chi connectivity index (χ4v) is 3.15. The molecule has 3 rings (SSSR count). The molecule has 32 heavy (non-hydrogen) atoms. The number of nitrogens with zero attached hydrogens (tertiary/aromatic N) is 2. The predicted molar refractivity (Wildman–Crippen MR) is 125 cm³/mol. The van der Waals surface area contributed by atoms with Crippen LogP contribution in [0.3, 0.4) is 0 Å². The summed E-state index contributed by atoms with van der Waals surface area (Å²) >= 11 is 0. The number of carbonyl (C=O) groups is 1. The number of aliphatic imine (C=N–C) groups is 1. The Balaban J connectivity index is 1.91.